The van der Waals surface area contributed by atoms with Gasteiger partial charge in [0.1, 0.15) is 17.3 Å². The largest absolute Gasteiger partial charge is 0.480 e. The van der Waals surface area contributed by atoms with Crippen LogP contribution in [0.15, 0.2) is 18.6 Å². The second kappa shape index (κ2) is 6.75. The van der Waals surface area contributed by atoms with Gasteiger partial charge >= 0.3 is 12.1 Å². The first kappa shape index (κ1) is 18.2. The zero-order chi connectivity index (χ0) is 18.8. The molecule has 0 spiro atoms. The molecule has 0 aromatic carbocycles. The Morgan fingerprint density at radius 3 is 2.60 bits per heavy atom. The Labute approximate surface area is 143 Å². The summed E-state index contributed by atoms with van der Waals surface area (Å²) in [6, 6.07) is -1.22. The molecule has 134 valence electrons. The molecule has 0 bridgehead atoms. The van der Waals surface area contributed by atoms with Crippen LogP contribution in [0.3, 0.4) is 0 Å². The number of amides is 2. The number of imidazole rings is 1. The summed E-state index contributed by atoms with van der Waals surface area (Å²) in [7, 11) is 0. The number of carboxylic acid groups (broad SMARTS) is 1. The summed E-state index contributed by atoms with van der Waals surface area (Å²) >= 11 is 0. The molecule has 25 heavy (non-hydrogen) atoms. The maximum absolute atomic E-state index is 11.8. The third-order valence-corrected chi connectivity index (χ3v) is 3.05. The average molecular weight is 349 g/mol. The van der Waals surface area contributed by atoms with Crippen molar-refractivity contribution < 1.29 is 24.2 Å². The topological polar surface area (TPSA) is 149 Å². The molecule has 1 atom stereocenters. The molecule has 0 aliphatic carbocycles. The number of nitrogens with two attached hydrogens (primary N) is 1. The highest BCUT2D eigenvalue weighted by molar-refractivity contribution is 5.91. The SMILES string of the molecule is CC(C)(C)OC(=O)N[C@@H](Cc1cn2cc(C(N)=O)nc2cn1)C(=O)O. The van der Waals surface area contributed by atoms with E-state index in [4.69, 9.17) is 10.5 Å². The van der Waals surface area contributed by atoms with E-state index in [0.29, 0.717) is 11.3 Å². The van der Waals surface area contributed by atoms with Gasteiger partial charge in [-0.1, -0.05) is 0 Å². The number of ether oxygens (including phenoxy) is 1. The Balaban J connectivity index is 2.16. The average Bonchev–Trinajstić information content (AvgIpc) is 2.87. The van der Waals surface area contributed by atoms with Crippen molar-refractivity contribution >= 4 is 23.6 Å². The predicted octanol–water partition coefficient (Wildman–Crippen LogP) is 0.349. The summed E-state index contributed by atoms with van der Waals surface area (Å²) in [5.41, 5.74) is 5.27. The highest BCUT2D eigenvalue weighted by Crippen LogP contribution is 2.09. The smallest absolute Gasteiger partial charge is 0.408 e. The van der Waals surface area contributed by atoms with E-state index in [9.17, 15) is 19.5 Å². The fourth-order valence-electron chi connectivity index (χ4n) is 2.02. The minimum atomic E-state index is -1.23. The lowest BCUT2D eigenvalue weighted by Crippen LogP contribution is -2.44. The van der Waals surface area contributed by atoms with E-state index < -0.39 is 29.6 Å². The summed E-state index contributed by atoms with van der Waals surface area (Å²) in [5.74, 6) is -1.91. The normalized spacial score (nSPS) is 12.6. The van der Waals surface area contributed by atoms with Gasteiger partial charge < -0.3 is 25.3 Å². The molecule has 0 radical (unpaired) electrons. The summed E-state index contributed by atoms with van der Waals surface area (Å²) in [6.45, 7) is 5.02. The van der Waals surface area contributed by atoms with Gasteiger partial charge in [0.2, 0.25) is 0 Å². The zero-order valence-corrected chi connectivity index (χ0v) is 14.0. The van der Waals surface area contributed by atoms with Crippen molar-refractivity contribution in [2.45, 2.75) is 38.8 Å². The van der Waals surface area contributed by atoms with Gasteiger partial charge in [-0.05, 0) is 20.8 Å². The van der Waals surface area contributed by atoms with Crippen LogP contribution in [-0.4, -0.2) is 49.1 Å². The summed E-state index contributed by atoms with van der Waals surface area (Å²) in [6.07, 6.45) is 3.41. The molecule has 0 aliphatic rings. The number of carbonyl (C=O) groups excluding carboxylic acids is 2. The number of carboxylic acids is 1. The Bertz CT molecular complexity index is 823. The number of fused-ring (bicyclic) bond motifs is 1. The molecule has 2 heterocycles. The van der Waals surface area contributed by atoms with Gasteiger partial charge in [0.25, 0.3) is 5.91 Å². The molecule has 0 saturated heterocycles. The number of nitrogens with one attached hydrogen (secondary N) is 1. The van der Waals surface area contributed by atoms with Gasteiger partial charge in [0.15, 0.2) is 5.65 Å². The maximum Gasteiger partial charge on any atom is 0.408 e. The van der Waals surface area contributed by atoms with E-state index in [0.717, 1.165) is 0 Å². The van der Waals surface area contributed by atoms with Gasteiger partial charge in [-0.3, -0.25) is 9.78 Å². The Morgan fingerprint density at radius 1 is 1.36 bits per heavy atom. The van der Waals surface area contributed by atoms with Crippen LogP contribution in [0, 0.1) is 0 Å². The van der Waals surface area contributed by atoms with E-state index in [1.165, 1.54) is 23.0 Å². The number of aromatic nitrogens is 3. The second-order valence-electron chi connectivity index (χ2n) is 6.38. The summed E-state index contributed by atoms with van der Waals surface area (Å²) in [5, 5.41) is 11.6. The number of primary amides is 1. The van der Waals surface area contributed by atoms with E-state index >= 15 is 0 Å². The zero-order valence-electron chi connectivity index (χ0n) is 14.0. The molecule has 10 heteroatoms. The molecule has 4 N–H and O–H groups in total. The standard InChI is InChI=1S/C15H19N5O5/c1-15(2,3)25-14(24)19-9(13(22)23)4-8-6-20-7-10(12(16)21)18-11(20)5-17-8/h5-7,9H,4H2,1-3H3,(H2,16,21)(H,19,24)(H,22,23)/t9-/m0/s1. The van der Waals surface area contributed by atoms with E-state index in [1.54, 1.807) is 20.8 Å². The van der Waals surface area contributed by atoms with Gasteiger partial charge in [0.05, 0.1) is 11.9 Å². The third-order valence-electron chi connectivity index (χ3n) is 3.05. The molecular formula is C15H19N5O5. The first-order chi connectivity index (χ1) is 11.5. The molecule has 2 aromatic heterocycles. The number of nitrogens with zero attached hydrogens (tertiary/aromatic N) is 3. The van der Waals surface area contributed by atoms with Crippen molar-refractivity contribution in [3.63, 3.8) is 0 Å². The van der Waals surface area contributed by atoms with Crippen LogP contribution in [0.2, 0.25) is 0 Å². The van der Waals surface area contributed by atoms with Crippen LogP contribution in [0.1, 0.15) is 37.0 Å². The fourth-order valence-corrected chi connectivity index (χ4v) is 2.02. The van der Waals surface area contributed by atoms with Crippen LogP contribution in [-0.2, 0) is 16.0 Å². The van der Waals surface area contributed by atoms with E-state index in [2.05, 4.69) is 15.3 Å². The highest BCUT2D eigenvalue weighted by Gasteiger charge is 2.25. The van der Waals surface area contributed by atoms with E-state index in [-0.39, 0.29) is 12.1 Å². The molecule has 10 nitrogen and oxygen atoms in total. The van der Waals surface area contributed by atoms with Crippen molar-refractivity contribution in [1.82, 2.24) is 19.7 Å². The Kier molecular flexibility index (Phi) is 4.91. The van der Waals surface area contributed by atoms with Gasteiger partial charge in [-0.25, -0.2) is 14.6 Å². The number of hydrogen-bond acceptors (Lipinski definition) is 6. The lowest BCUT2D eigenvalue weighted by atomic mass is 10.1. The van der Waals surface area contributed by atoms with Gasteiger partial charge in [0, 0.05) is 18.8 Å². The van der Waals surface area contributed by atoms with Crippen molar-refractivity contribution in [3.05, 3.63) is 30.0 Å². The lowest BCUT2D eigenvalue weighted by molar-refractivity contribution is -0.139. The number of hydrogen-bond donors (Lipinski definition) is 3. The Hall–Kier alpha value is -3.17. The minimum absolute atomic E-state index is 0.0700. The monoisotopic (exact) mass is 349 g/mol. The first-order valence-corrected chi connectivity index (χ1v) is 7.41. The second-order valence-corrected chi connectivity index (χ2v) is 6.38. The maximum atomic E-state index is 11.8. The lowest BCUT2D eigenvalue weighted by Gasteiger charge is -2.21. The van der Waals surface area contributed by atoms with Crippen LogP contribution in [0.25, 0.3) is 5.65 Å². The third kappa shape index (κ3) is 4.90. The Morgan fingerprint density at radius 2 is 2.04 bits per heavy atom. The van der Waals surface area contributed by atoms with Crippen LogP contribution in [0.4, 0.5) is 4.79 Å². The van der Waals surface area contributed by atoms with Crippen LogP contribution >= 0.6 is 0 Å². The summed E-state index contributed by atoms with van der Waals surface area (Å²) in [4.78, 5) is 42.4. The van der Waals surface area contributed by atoms with Gasteiger partial charge in [-0.15, -0.1) is 0 Å². The van der Waals surface area contributed by atoms with Crippen LogP contribution in [0.5, 0.6) is 0 Å². The van der Waals surface area contributed by atoms with Crippen molar-refractivity contribution in [2.75, 3.05) is 0 Å². The minimum Gasteiger partial charge on any atom is -0.480 e. The molecular weight excluding hydrogens is 330 g/mol. The molecule has 0 fully saturated rings. The van der Waals surface area contributed by atoms with Crippen molar-refractivity contribution in [2.24, 2.45) is 5.73 Å². The number of aliphatic carboxylic acids is 1. The van der Waals surface area contributed by atoms with Gasteiger partial charge in [-0.2, -0.15) is 0 Å². The molecule has 0 aliphatic heterocycles. The van der Waals surface area contributed by atoms with Crippen molar-refractivity contribution in [1.29, 1.82) is 0 Å². The molecule has 2 aromatic rings. The van der Waals surface area contributed by atoms with Crippen molar-refractivity contribution in [3.8, 4) is 0 Å². The molecule has 2 amide bonds. The molecule has 0 saturated carbocycles. The summed E-state index contributed by atoms with van der Waals surface area (Å²) < 4.78 is 6.56. The molecule has 2 rings (SSSR count). The number of rotatable bonds is 5. The fraction of sp³-hybridized carbons (Fsp3) is 0.400. The van der Waals surface area contributed by atoms with Crippen LogP contribution < -0.4 is 11.1 Å². The molecule has 0 unspecified atom stereocenters. The van der Waals surface area contributed by atoms with E-state index in [1.807, 2.05) is 0 Å². The highest BCUT2D eigenvalue weighted by atomic mass is 16.6. The predicted molar refractivity (Wildman–Crippen MR) is 86.0 cm³/mol. The quantitative estimate of drug-likeness (QED) is 0.705. The number of alkyl carbamates (subject to hydrolysis) is 1. The number of carbonyl (C=O) groups is 3. The first-order valence-electron chi connectivity index (χ1n) is 7.41.